The monoisotopic (exact) mass is 180 g/mol. The summed E-state index contributed by atoms with van der Waals surface area (Å²) in [6, 6.07) is 3.22. The Morgan fingerprint density at radius 3 is 2.92 bits per heavy atom. The molecule has 0 aliphatic carbocycles. The van der Waals surface area contributed by atoms with Crippen LogP contribution < -0.4 is 0 Å². The summed E-state index contributed by atoms with van der Waals surface area (Å²) in [5.74, 6) is -0.190. The molecule has 0 unspecified atom stereocenters. The highest BCUT2D eigenvalue weighted by molar-refractivity contribution is 5.86. The van der Waals surface area contributed by atoms with Gasteiger partial charge in [0.25, 0.3) is 0 Å². The fourth-order valence-electron chi connectivity index (χ4n) is 0.750. The number of allylic oxidation sites excluding steroid dienone is 1. The number of hydrogen-bond donors (Lipinski definition) is 0. The van der Waals surface area contributed by atoms with E-state index in [0.29, 0.717) is 6.61 Å². The third-order valence-electron chi connectivity index (χ3n) is 1.43. The Balaban J connectivity index is 2.39. The zero-order valence-electron chi connectivity index (χ0n) is 7.74. The molecule has 0 fully saturated rings. The molecule has 0 aliphatic heterocycles. The topological polar surface area (TPSA) is 39.4 Å². The fraction of sp³-hybridized carbons (Fsp3) is 0.300. The van der Waals surface area contributed by atoms with E-state index in [1.807, 2.05) is 19.9 Å². The molecule has 1 aromatic rings. The fourth-order valence-corrected chi connectivity index (χ4v) is 0.750. The first-order chi connectivity index (χ1) is 6.20. The van der Waals surface area contributed by atoms with Crippen molar-refractivity contribution in [2.24, 2.45) is 0 Å². The zero-order chi connectivity index (χ0) is 9.68. The minimum Gasteiger partial charge on any atom is -0.457 e. The number of furan rings is 1. The maximum atomic E-state index is 11.1. The molecule has 3 nitrogen and oxygen atoms in total. The van der Waals surface area contributed by atoms with Gasteiger partial charge in [-0.3, -0.25) is 0 Å². The van der Waals surface area contributed by atoms with Crippen LogP contribution in [0.2, 0.25) is 0 Å². The molecular weight excluding hydrogens is 168 g/mol. The van der Waals surface area contributed by atoms with Gasteiger partial charge in [0.1, 0.15) is 6.61 Å². The van der Waals surface area contributed by atoms with Crippen LogP contribution in [0.3, 0.4) is 0 Å². The van der Waals surface area contributed by atoms with Crippen molar-refractivity contribution in [1.82, 2.24) is 0 Å². The average molecular weight is 180 g/mol. The first-order valence-corrected chi connectivity index (χ1v) is 4.04. The van der Waals surface area contributed by atoms with Crippen LogP contribution in [0.1, 0.15) is 24.4 Å². The first-order valence-electron chi connectivity index (χ1n) is 4.04. The molecular formula is C10H12O3. The van der Waals surface area contributed by atoms with Crippen molar-refractivity contribution < 1.29 is 13.9 Å². The maximum absolute atomic E-state index is 11.1. The molecule has 0 aliphatic rings. The summed E-state index contributed by atoms with van der Waals surface area (Å²) < 4.78 is 9.75. The molecule has 3 heteroatoms. The number of carbonyl (C=O) groups is 1. The molecule has 0 radical (unpaired) electrons. The van der Waals surface area contributed by atoms with Crippen molar-refractivity contribution in [1.29, 1.82) is 0 Å². The summed E-state index contributed by atoms with van der Waals surface area (Å²) >= 11 is 0. The molecule has 1 heterocycles. The highest BCUT2D eigenvalue weighted by Crippen LogP contribution is 2.02. The predicted molar refractivity (Wildman–Crippen MR) is 48.4 cm³/mol. The van der Waals surface area contributed by atoms with E-state index in [9.17, 15) is 4.79 Å². The number of ether oxygens (including phenoxy) is 1. The Labute approximate surface area is 77.0 Å². The smallest absolute Gasteiger partial charge is 0.374 e. The van der Waals surface area contributed by atoms with Gasteiger partial charge in [-0.25, -0.2) is 4.79 Å². The number of rotatable bonds is 3. The number of esters is 1. The van der Waals surface area contributed by atoms with Gasteiger partial charge in [0.2, 0.25) is 5.76 Å². The summed E-state index contributed by atoms with van der Waals surface area (Å²) in [5, 5.41) is 0. The Bertz CT molecular complexity index is 292. The zero-order valence-corrected chi connectivity index (χ0v) is 7.74. The van der Waals surface area contributed by atoms with Crippen LogP contribution >= 0.6 is 0 Å². The van der Waals surface area contributed by atoms with E-state index in [1.165, 1.54) is 6.26 Å². The highest BCUT2D eigenvalue weighted by atomic mass is 16.5. The Kier molecular flexibility index (Phi) is 3.31. The van der Waals surface area contributed by atoms with Gasteiger partial charge in [0.15, 0.2) is 0 Å². The largest absolute Gasteiger partial charge is 0.457 e. The van der Waals surface area contributed by atoms with Crippen LogP contribution in [0.4, 0.5) is 0 Å². The summed E-state index contributed by atoms with van der Waals surface area (Å²) in [6.07, 6.45) is 3.28. The predicted octanol–water partition coefficient (Wildman–Crippen LogP) is 2.40. The standard InChI is InChI=1S/C10H12O3/c1-8(2)5-7-13-10(11)9-4-3-6-12-9/h3-6H,7H2,1-2H3. The third-order valence-corrected chi connectivity index (χ3v) is 1.43. The lowest BCUT2D eigenvalue weighted by Crippen LogP contribution is -2.03. The molecule has 13 heavy (non-hydrogen) atoms. The van der Waals surface area contributed by atoms with Crippen LogP contribution in [0, 0.1) is 0 Å². The molecule has 1 rings (SSSR count). The van der Waals surface area contributed by atoms with Gasteiger partial charge >= 0.3 is 5.97 Å². The van der Waals surface area contributed by atoms with Gasteiger partial charge in [-0.2, -0.15) is 0 Å². The second-order valence-electron chi connectivity index (χ2n) is 2.86. The first kappa shape index (κ1) is 9.58. The van der Waals surface area contributed by atoms with Crippen molar-refractivity contribution >= 4 is 5.97 Å². The van der Waals surface area contributed by atoms with E-state index in [-0.39, 0.29) is 5.76 Å². The molecule has 0 N–H and O–H groups in total. The maximum Gasteiger partial charge on any atom is 0.374 e. The van der Waals surface area contributed by atoms with Crippen molar-refractivity contribution in [3.63, 3.8) is 0 Å². The van der Waals surface area contributed by atoms with Crippen molar-refractivity contribution in [3.05, 3.63) is 35.8 Å². The van der Waals surface area contributed by atoms with Gasteiger partial charge in [-0.1, -0.05) is 5.57 Å². The van der Waals surface area contributed by atoms with Crippen molar-refractivity contribution in [2.45, 2.75) is 13.8 Å². The summed E-state index contributed by atoms with van der Waals surface area (Å²) in [7, 11) is 0. The molecule has 0 atom stereocenters. The van der Waals surface area contributed by atoms with Crippen LogP contribution in [-0.2, 0) is 4.74 Å². The second-order valence-corrected chi connectivity index (χ2v) is 2.86. The lowest BCUT2D eigenvalue weighted by molar-refractivity contribution is 0.0513. The van der Waals surface area contributed by atoms with E-state index in [4.69, 9.17) is 9.15 Å². The molecule has 70 valence electrons. The Morgan fingerprint density at radius 2 is 2.38 bits per heavy atom. The molecule has 0 spiro atoms. The summed E-state index contributed by atoms with van der Waals surface area (Å²) in [5.41, 5.74) is 1.12. The van der Waals surface area contributed by atoms with E-state index >= 15 is 0 Å². The molecule has 0 bridgehead atoms. The van der Waals surface area contributed by atoms with Crippen molar-refractivity contribution in [3.8, 4) is 0 Å². The highest BCUT2D eigenvalue weighted by Gasteiger charge is 2.07. The minimum atomic E-state index is -0.428. The Morgan fingerprint density at radius 1 is 1.62 bits per heavy atom. The van der Waals surface area contributed by atoms with Crippen molar-refractivity contribution in [2.75, 3.05) is 6.61 Å². The van der Waals surface area contributed by atoms with Crippen LogP contribution in [-0.4, -0.2) is 12.6 Å². The van der Waals surface area contributed by atoms with Gasteiger partial charge in [0, 0.05) is 0 Å². The lowest BCUT2D eigenvalue weighted by Gasteiger charge is -1.98. The number of hydrogen-bond acceptors (Lipinski definition) is 3. The van der Waals surface area contributed by atoms with Crippen LogP contribution in [0.25, 0.3) is 0 Å². The second kappa shape index (κ2) is 4.50. The third kappa shape index (κ3) is 3.15. The normalized spacial score (nSPS) is 9.38. The number of carbonyl (C=O) groups excluding carboxylic acids is 1. The van der Waals surface area contributed by atoms with Gasteiger partial charge in [-0.05, 0) is 32.1 Å². The molecule has 0 aromatic carbocycles. The summed E-state index contributed by atoms with van der Waals surface area (Å²) in [4.78, 5) is 11.1. The SMILES string of the molecule is CC(C)=CCOC(=O)c1ccco1. The minimum absolute atomic E-state index is 0.238. The molecule has 0 saturated heterocycles. The van der Waals surface area contributed by atoms with E-state index in [1.54, 1.807) is 12.1 Å². The molecule has 1 aromatic heterocycles. The van der Waals surface area contributed by atoms with E-state index < -0.39 is 5.97 Å². The van der Waals surface area contributed by atoms with Gasteiger partial charge in [-0.15, -0.1) is 0 Å². The van der Waals surface area contributed by atoms with Gasteiger partial charge in [0.05, 0.1) is 6.26 Å². The van der Waals surface area contributed by atoms with Crippen LogP contribution in [0.15, 0.2) is 34.5 Å². The Hall–Kier alpha value is -1.51. The molecule has 0 amide bonds. The quantitative estimate of drug-likeness (QED) is 0.529. The van der Waals surface area contributed by atoms with Gasteiger partial charge < -0.3 is 9.15 Å². The van der Waals surface area contributed by atoms with Crippen LogP contribution in [0.5, 0.6) is 0 Å². The average Bonchev–Trinajstić information content (AvgIpc) is 2.55. The lowest BCUT2D eigenvalue weighted by atomic mass is 10.3. The molecule has 0 saturated carbocycles. The van der Waals surface area contributed by atoms with E-state index in [0.717, 1.165) is 5.57 Å². The summed E-state index contributed by atoms with van der Waals surface area (Å²) in [6.45, 7) is 4.18. The van der Waals surface area contributed by atoms with E-state index in [2.05, 4.69) is 0 Å².